The van der Waals surface area contributed by atoms with Crippen molar-refractivity contribution in [3.8, 4) is 0 Å². The number of esters is 1. The lowest BCUT2D eigenvalue weighted by atomic mass is 10.1. The van der Waals surface area contributed by atoms with Crippen LogP contribution < -0.4 is 10.5 Å². The van der Waals surface area contributed by atoms with E-state index in [0.29, 0.717) is 23.2 Å². The van der Waals surface area contributed by atoms with Crippen molar-refractivity contribution in [2.24, 2.45) is 12.8 Å². The molecular formula is C25H26ClN5O4S. The number of sulfonamides is 1. The summed E-state index contributed by atoms with van der Waals surface area (Å²) < 4.78 is 35.4. The van der Waals surface area contributed by atoms with E-state index in [0.717, 1.165) is 16.9 Å². The Bertz CT molecular complexity index is 1530. The van der Waals surface area contributed by atoms with Crippen LogP contribution in [-0.2, 0) is 28.2 Å². The predicted octanol–water partition coefficient (Wildman–Crippen LogP) is 3.85. The largest absolute Gasteiger partial charge is 0.462 e. The van der Waals surface area contributed by atoms with Gasteiger partial charge in [-0.3, -0.25) is 10.1 Å². The Labute approximate surface area is 215 Å². The van der Waals surface area contributed by atoms with Gasteiger partial charge in [-0.25, -0.2) is 18.2 Å². The SMILES string of the molecule is CCOC(=O)c1cccc(S(=O)(=O)Nc2ccc3c(c2)nc(Cc2ccc(C(=N)N)cc2)n3C)c1.Cl. The first-order valence-electron chi connectivity index (χ1n) is 10.9. The molecule has 1 heterocycles. The lowest BCUT2D eigenvalue weighted by Crippen LogP contribution is -2.14. The van der Waals surface area contributed by atoms with Crippen molar-refractivity contribution in [3.05, 3.63) is 89.2 Å². The molecule has 36 heavy (non-hydrogen) atoms. The first kappa shape index (κ1) is 26.7. The van der Waals surface area contributed by atoms with Gasteiger partial charge in [0.25, 0.3) is 10.0 Å². The van der Waals surface area contributed by atoms with E-state index < -0.39 is 16.0 Å². The summed E-state index contributed by atoms with van der Waals surface area (Å²) in [4.78, 5) is 16.6. The van der Waals surface area contributed by atoms with Gasteiger partial charge in [0.2, 0.25) is 0 Å². The fraction of sp³-hybridized carbons (Fsp3) is 0.160. The van der Waals surface area contributed by atoms with Crippen LogP contribution in [0.4, 0.5) is 5.69 Å². The number of aromatic nitrogens is 2. The van der Waals surface area contributed by atoms with Gasteiger partial charge >= 0.3 is 5.97 Å². The molecule has 0 amide bonds. The standard InChI is InChI=1S/C25H25N5O4S.ClH/c1-3-34-25(31)18-5-4-6-20(14-18)35(32,33)29-19-11-12-22-21(15-19)28-23(30(22)2)13-16-7-9-17(10-8-16)24(26)27;/h4-12,14-15,29H,3,13H2,1-2H3,(H3,26,27);1H. The van der Waals surface area contributed by atoms with Gasteiger partial charge in [-0.15, -0.1) is 12.4 Å². The fourth-order valence-corrected chi connectivity index (χ4v) is 4.77. The van der Waals surface area contributed by atoms with Crippen LogP contribution in [0.3, 0.4) is 0 Å². The third-order valence-corrected chi connectivity index (χ3v) is 6.89. The lowest BCUT2D eigenvalue weighted by Gasteiger charge is -2.09. The number of ether oxygens (including phenoxy) is 1. The average molecular weight is 528 g/mol. The second-order valence-electron chi connectivity index (χ2n) is 7.93. The number of hydrogen-bond acceptors (Lipinski definition) is 6. The molecule has 4 rings (SSSR count). The summed E-state index contributed by atoms with van der Waals surface area (Å²) in [6, 6.07) is 18.2. The number of nitrogens with zero attached hydrogens (tertiary/aromatic N) is 2. The Kier molecular flexibility index (Phi) is 8.01. The number of carbonyl (C=O) groups is 1. The van der Waals surface area contributed by atoms with Crippen molar-refractivity contribution in [1.29, 1.82) is 5.41 Å². The molecule has 0 saturated carbocycles. The monoisotopic (exact) mass is 527 g/mol. The molecule has 0 fully saturated rings. The van der Waals surface area contributed by atoms with E-state index in [1.54, 1.807) is 37.3 Å². The van der Waals surface area contributed by atoms with Gasteiger partial charge in [0.15, 0.2) is 0 Å². The van der Waals surface area contributed by atoms with Crippen LogP contribution in [0.5, 0.6) is 0 Å². The maximum Gasteiger partial charge on any atom is 0.338 e. The summed E-state index contributed by atoms with van der Waals surface area (Å²) in [6.07, 6.45) is 0.561. The molecule has 0 aliphatic rings. The molecular weight excluding hydrogens is 502 g/mol. The van der Waals surface area contributed by atoms with Crippen LogP contribution in [0.15, 0.2) is 71.6 Å². The third-order valence-electron chi connectivity index (χ3n) is 5.51. The van der Waals surface area contributed by atoms with Crippen LogP contribution in [0, 0.1) is 5.41 Å². The summed E-state index contributed by atoms with van der Waals surface area (Å²) in [6.45, 7) is 1.88. The number of amidine groups is 1. The van der Waals surface area contributed by atoms with Crippen molar-refractivity contribution < 1.29 is 17.9 Å². The van der Waals surface area contributed by atoms with Crippen LogP contribution in [0.2, 0.25) is 0 Å². The number of imidazole rings is 1. The molecule has 1 aromatic heterocycles. The van der Waals surface area contributed by atoms with E-state index in [2.05, 4.69) is 9.71 Å². The Balaban J connectivity index is 0.00000361. The van der Waals surface area contributed by atoms with Crippen molar-refractivity contribution >= 4 is 51.0 Å². The van der Waals surface area contributed by atoms with Crippen LogP contribution >= 0.6 is 12.4 Å². The minimum Gasteiger partial charge on any atom is -0.462 e. The molecule has 0 aliphatic carbocycles. The van der Waals surface area contributed by atoms with Crippen LogP contribution in [-0.4, -0.2) is 36.4 Å². The molecule has 0 radical (unpaired) electrons. The minimum absolute atomic E-state index is 0. The third kappa shape index (κ3) is 5.67. The molecule has 0 spiro atoms. The summed E-state index contributed by atoms with van der Waals surface area (Å²) in [5.41, 5.74) is 9.20. The van der Waals surface area contributed by atoms with Crippen LogP contribution in [0.25, 0.3) is 11.0 Å². The maximum atomic E-state index is 12.9. The Morgan fingerprint density at radius 3 is 2.47 bits per heavy atom. The predicted molar refractivity (Wildman–Crippen MR) is 141 cm³/mol. The first-order valence-corrected chi connectivity index (χ1v) is 12.3. The van der Waals surface area contributed by atoms with E-state index in [1.165, 1.54) is 24.3 Å². The van der Waals surface area contributed by atoms with Crippen molar-refractivity contribution in [3.63, 3.8) is 0 Å². The Morgan fingerprint density at radius 1 is 1.08 bits per heavy atom. The number of rotatable bonds is 8. The summed E-state index contributed by atoms with van der Waals surface area (Å²) in [5.74, 6) is 0.238. The number of nitrogens with one attached hydrogen (secondary N) is 2. The van der Waals surface area contributed by atoms with Crippen molar-refractivity contribution in [1.82, 2.24) is 9.55 Å². The number of halogens is 1. The summed E-state index contributed by atoms with van der Waals surface area (Å²) >= 11 is 0. The normalized spacial score (nSPS) is 11.1. The zero-order chi connectivity index (χ0) is 25.2. The number of nitrogens with two attached hydrogens (primary N) is 1. The quantitative estimate of drug-likeness (QED) is 0.180. The molecule has 0 bridgehead atoms. The Hall–Kier alpha value is -3.89. The fourth-order valence-electron chi connectivity index (χ4n) is 3.67. The van der Waals surface area contributed by atoms with E-state index in [1.807, 2.05) is 23.7 Å². The average Bonchev–Trinajstić information content (AvgIpc) is 3.13. The molecule has 9 nitrogen and oxygen atoms in total. The molecule has 0 aliphatic heterocycles. The van der Waals surface area contributed by atoms with Crippen LogP contribution in [0.1, 0.15) is 34.2 Å². The smallest absolute Gasteiger partial charge is 0.338 e. The molecule has 4 aromatic rings. The highest BCUT2D eigenvalue weighted by molar-refractivity contribution is 7.92. The highest BCUT2D eigenvalue weighted by Gasteiger charge is 2.18. The zero-order valence-electron chi connectivity index (χ0n) is 19.7. The molecule has 188 valence electrons. The van der Waals surface area contributed by atoms with Gasteiger partial charge < -0.3 is 15.0 Å². The molecule has 0 saturated heterocycles. The number of nitrogen functional groups attached to an aromatic ring is 1. The number of fused-ring (bicyclic) bond motifs is 1. The second kappa shape index (κ2) is 10.8. The Morgan fingerprint density at radius 2 is 1.81 bits per heavy atom. The van der Waals surface area contributed by atoms with Gasteiger partial charge in [-0.1, -0.05) is 30.3 Å². The van der Waals surface area contributed by atoms with Crippen molar-refractivity contribution in [2.75, 3.05) is 11.3 Å². The highest BCUT2D eigenvalue weighted by Crippen LogP contribution is 2.24. The molecule has 0 atom stereocenters. The van der Waals surface area contributed by atoms with Gasteiger partial charge in [0, 0.05) is 19.0 Å². The summed E-state index contributed by atoms with van der Waals surface area (Å²) in [7, 11) is -2.03. The number of carbonyl (C=O) groups excluding carboxylic acids is 1. The molecule has 3 aromatic carbocycles. The highest BCUT2D eigenvalue weighted by atomic mass is 35.5. The number of benzene rings is 3. The number of anilines is 1. The first-order chi connectivity index (χ1) is 16.7. The second-order valence-corrected chi connectivity index (χ2v) is 9.61. The van der Waals surface area contributed by atoms with E-state index in [-0.39, 0.29) is 35.3 Å². The van der Waals surface area contributed by atoms with Crippen molar-refractivity contribution in [2.45, 2.75) is 18.2 Å². The molecule has 11 heteroatoms. The van der Waals surface area contributed by atoms with Gasteiger partial charge in [0.1, 0.15) is 11.7 Å². The van der Waals surface area contributed by atoms with E-state index in [9.17, 15) is 13.2 Å². The molecule has 4 N–H and O–H groups in total. The number of hydrogen-bond donors (Lipinski definition) is 3. The van der Waals surface area contributed by atoms with Gasteiger partial charge in [-0.2, -0.15) is 0 Å². The minimum atomic E-state index is -3.94. The van der Waals surface area contributed by atoms with Gasteiger partial charge in [0.05, 0.1) is 33.8 Å². The topological polar surface area (TPSA) is 140 Å². The van der Waals surface area contributed by atoms with E-state index in [4.69, 9.17) is 15.9 Å². The van der Waals surface area contributed by atoms with Gasteiger partial charge in [-0.05, 0) is 48.9 Å². The lowest BCUT2D eigenvalue weighted by molar-refractivity contribution is 0.0526. The molecule has 0 unspecified atom stereocenters. The van der Waals surface area contributed by atoms with E-state index >= 15 is 0 Å². The summed E-state index contributed by atoms with van der Waals surface area (Å²) in [5, 5.41) is 7.51. The maximum absolute atomic E-state index is 12.9. The zero-order valence-corrected chi connectivity index (χ0v) is 21.3. The number of aryl methyl sites for hydroxylation is 1.